The van der Waals surface area contributed by atoms with Gasteiger partial charge in [-0.3, -0.25) is 14.3 Å². The van der Waals surface area contributed by atoms with Crippen LogP contribution in [0.2, 0.25) is 0 Å². The van der Waals surface area contributed by atoms with E-state index in [0.29, 0.717) is 53.6 Å². The van der Waals surface area contributed by atoms with Crippen LogP contribution in [0.15, 0.2) is 60.9 Å². The van der Waals surface area contributed by atoms with Gasteiger partial charge in [-0.25, -0.2) is 4.98 Å². The van der Waals surface area contributed by atoms with Gasteiger partial charge < -0.3 is 15.0 Å². The van der Waals surface area contributed by atoms with E-state index in [9.17, 15) is 35.9 Å². The third-order valence-corrected chi connectivity index (χ3v) is 7.43. The minimum Gasteiger partial charge on any atom is -0.439 e. The van der Waals surface area contributed by atoms with Crippen molar-refractivity contribution in [3.05, 3.63) is 83.2 Å². The second-order valence-electron chi connectivity index (χ2n) is 10.6. The maximum absolute atomic E-state index is 13.1. The van der Waals surface area contributed by atoms with Gasteiger partial charge in [-0.2, -0.15) is 31.4 Å². The Bertz CT molecular complexity index is 1640. The second-order valence-corrected chi connectivity index (χ2v) is 10.6. The molecule has 0 radical (unpaired) electrons. The van der Waals surface area contributed by atoms with Crippen molar-refractivity contribution in [1.82, 2.24) is 25.0 Å². The van der Waals surface area contributed by atoms with Crippen LogP contribution in [0.4, 0.5) is 26.3 Å². The maximum Gasteiger partial charge on any atom is 0.417 e. The Kier molecular flexibility index (Phi) is 8.53. The van der Waals surface area contributed by atoms with Gasteiger partial charge in [0.15, 0.2) is 0 Å². The molecule has 1 fully saturated rings. The Morgan fingerprint density at radius 3 is 2.30 bits per heavy atom. The van der Waals surface area contributed by atoms with Crippen LogP contribution in [0, 0.1) is 12.8 Å². The van der Waals surface area contributed by atoms with Crippen molar-refractivity contribution in [3.8, 4) is 11.6 Å². The number of amides is 2. The predicted molar refractivity (Wildman–Crippen MR) is 147 cm³/mol. The standard InChI is InChI=1S/C30H27F6N5O3/c1-18-23(27(42)38-17-29(31,32)33)7-8-25-24(18)16-41(39-25)15-19-10-12-40(13-11-19)28(43)20-2-5-22(6-3-20)44-26-9-4-21(14-37-26)30(34,35)36/h2-9,14,16,19H,10-13,15,17H2,1H3,(H,38,42). The Balaban J connectivity index is 1.14. The number of likely N-dealkylation sites (tertiary alicyclic amines) is 1. The molecule has 1 N–H and O–H groups in total. The minimum absolute atomic E-state index is 0.00809. The molecule has 5 rings (SSSR count). The van der Waals surface area contributed by atoms with E-state index >= 15 is 0 Å². The van der Waals surface area contributed by atoms with Gasteiger partial charge in [0, 0.05) is 54.6 Å². The number of alkyl halides is 6. The lowest BCUT2D eigenvalue weighted by Crippen LogP contribution is -2.39. The van der Waals surface area contributed by atoms with Gasteiger partial charge in [-0.05, 0) is 73.7 Å². The highest BCUT2D eigenvalue weighted by molar-refractivity contribution is 6.00. The van der Waals surface area contributed by atoms with Crippen LogP contribution < -0.4 is 10.1 Å². The van der Waals surface area contributed by atoms with Gasteiger partial charge in [0.25, 0.3) is 11.8 Å². The number of nitrogens with zero attached hydrogens (tertiary/aromatic N) is 4. The summed E-state index contributed by atoms with van der Waals surface area (Å²) in [7, 11) is 0. The summed E-state index contributed by atoms with van der Waals surface area (Å²) in [6.45, 7) is 1.90. The molecule has 44 heavy (non-hydrogen) atoms. The molecular weight excluding hydrogens is 592 g/mol. The normalized spacial score (nSPS) is 14.6. The zero-order chi connectivity index (χ0) is 31.6. The zero-order valence-electron chi connectivity index (χ0n) is 23.4. The summed E-state index contributed by atoms with van der Waals surface area (Å²) in [6.07, 6.45) is -5.06. The van der Waals surface area contributed by atoms with E-state index in [1.165, 1.54) is 6.07 Å². The van der Waals surface area contributed by atoms with Crippen LogP contribution in [-0.2, 0) is 12.7 Å². The molecule has 3 heterocycles. The third-order valence-electron chi connectivity index (χ3n) is 7.43. The monoisotopic (exact) mass is 619 g/mol. The van der Waals surface area contributed by atoms with Crippen molar-refractivity contribution < 1.29 is 40.7 Å². The van der Waals surface area contributed by atoms with Crippen molar-refractivity contribution in [1.29, 1.82) is 0 Å². The number of carbonyl (C=O) groups excluding carboxylic acids is 2. The van der Waals surface area contributed by atoms with E-state index in [4.69, 9.17) is 4.74 Å². The first kappa shape index (κ1) is 30.8. The average Bonchev–Trinajstić information content (AvgIpc) is 3.39. The van der Waals surface area contributed by atoms with E-state index in [1.807, 2.05) is 5.32 Å². The molecule has 1 aliphatic rings. The largest absolute Gasteiger partial charge is 0.439 e. The fourth-order valence-corrected chi connectivity index (χ4v) is 5.06. The van der Waals surface area contributed by atoms with E-state index in [0.717, 1.165) is 25.0 Å². The SMILES string of the molecule is Cc1c(C(=O)NCC(F)(F)F)ccc2nn(CC3CCN(C(=O)c4ccc(Oc5ccc(C(F)(F)F)cn5)cc4)CC3)cc12. The van der Waals surface area contributed by atoms with Gasteiger partial charge in [-0.1, -0.05) is 0 Å². The lowest BCUT2D eigenvalue weighted by atomic mass is 9.96. The molecule has 14 heteroatoms. The van der Waals surface area contributed by atoms with Crippen LogP contribution in [0.25, 0.3) is 10.9 Å². The third kappa shape index (κ3) is 7.29. The number of carbonyl (C=O) groups is 2. The van der Waals surface area contributed by atoms with Crippen molar-refractivity contribution in [2.24, 2.45) is 5.92 Å². The highest BCUT2D eigenvalue weighted by atomic mass is 19.4. The average molecular weight is 620 g/mol. The van der Waals surface area contributed by atoms with Crippen LogP contribution in [0.5, 0.6) is 11.6 Å². The summed E-state index contributed by atoms with van der Waals surface area (Å²) < 4.78 is 82.9. The van der Waals surface area contributed by atoms with E-state index in [1.54, 1.807) is 53.0 Å². The van der Waals surface area contributed by atoms with E-state index in [2.05, 4.69) is 10.1 Å². The number of halogens is 6. The number of hydrogen-bond donors (Lipinski definition) is 1. The highest BCUT2D eigenvalue weighted by Crippen LogP contribution is 2.30. The van der Waals surface area contributed by atoms with Gasteiger partial charge in [0.2, 0.25) is 5.88 Å². The molecule has 2 aromatic heterocycles. The molecular formula is C30H27F6N5O3. The molecule has 4 aromatic rings. The molecule has 0 bridgehead atoms. The van der Waals surface area contributed by atoms with Crippen molar-refractivity contribution in [3.63, 3.8) is 0 Å². The van der Waals surface area contributed by atoms with Crippen LogP contribution in [0.1, 0.15) is 44.7 Å². The number of fused-ring (bicyclic) bond motifs is 1. The van der Waals surface area contributed by atoms with E-state index in [-0.39, 0.29) is 23.3 Å². The van der Waals surface area contributed by atoms with Crippen molar-refractivity contribution in [2.75, 3.05) is 19.6 Å². The lowest BCUT2D eigenvalue weighted by Gasteiger charge is -2.32. The van der Waals surface area contributed by atoms with Crippen LogP contribution >= 0.6 is 0 Å². The van der Waals surface area contributed by atoms with E-state index < -0.39 is 30.4 Å². The van der Waals surface area contributed by atoms with Gasteiger partial charge in [-0.15, -0.1) is 0 Å². The molecule has 232 valence electrons. The first-order valence-corrected chi connectivity index (χ1v) is 13.7. The Hall–Kier alpha value is -4.62. The summed E-state index contributed by atoms with van der Waals surface area (Å²) in [5, 5.41) is 7.14. The summed E-state index contributed by atoms with van der Waals surface area (Å²) in [5.74, 6) is -0.408. The fourth-order valence-electron chi connectivity index (χ4n) is 5.06. The van der Waals surface area contributed by atoms with Crippen molar-refractivity contribution in [2.45, 2.75) is 38.7 Å². The van der Waals surface area contributed by atoms with Crippen LogP contribution in [-0.4, -0.2) is 57.3 Å². The number of rotatable bonds is 7. The Labute approximate surface area is 247 Å². The molecule has 0 spiro atoms. The number of benzene rings is 2. The number of nitrogens with one attached hydrogen (secondary N) is 1. The summed E-state index contributed by atoms with van der Waals surface area (Å²) >= 11 is 0. The van der Waals surface area contributed by atoms with Gasteiger partial charge >= 0.3 is 12.4 Å². The van der Waals surface area contributed by atoms with Crippen LogP contribution in [0.3, 0.4) is 0 Å². The second kappa shape index (κ2) is 12.2. The highest BCUT2D eigenvalue weighted by Gasteiger charge is 2.31. The first-order valence-electron chi connectivity index (χ1n) is 13.7. The predicted octanol–water partition coefficient (Wildman–Crippen LogP) is 6.40. The summed E-state index contributed by atoms with van der Waals surface area (Å²) in [4.78, 5) is 30.8. The summed E-state index contributed by atoms with van der Waals surface area (Å²) in [5.41, 5.74) is 0.891. The molecule has 2 aromatic carbocycles. The smallest absolute Gasteiger partial charge is 0.417 e. The topological polar surface area (TPSA) is 89.4 Å². The molecule has 0 aliphatic carbocycles. The zero-order valence-corrected chi connectivity index (χ0v) is 23.4. The fraction of sp³-hybridized carbons (Fsp3) is 0.333. The number of pyridine rings is 1. The molecule has 2 amide bonds. The number of aryl methyl sites for hydroxylation is 1. The number of piperidine rings is 1. The quantitative estimate of drug-likeness (QED) is 0.242. The molecule has 0 atom stereocenters. The van der Waals surface area contributed by atoms with Crippen molar-refractivity contribution >= 4 is 22.7 Å². The van der Waals surface area contributed by atoms with Gasteiger partial charge in [0.1, 0.15) is 12.3 Å². The van der Waals surface area contributed by atoms with Gasteiger partial charge in [0.05, 0.1) is 11.1 Å². The Morgan fingerprint density at radius 2 is 1.68 bits per heavy atom. The molecule has 0 saturated carbocycles. The maximum atomic E-state index is 13.1. The minimum atomic E-state index is -4.50. The lowest BCUT2D eigenvalue weighted by molar-refractivity contribution is -0.137. The Morgan fingerprint density at radius 1 is 0.977 bits per heavy atom. The molecule has 8 nitrogen and oxygen atoms in total. The number of aromatic nitrogens is 3. The molecule has 1 aliphatic heterocycles. The molecule has 0 unspecified atom stereocenters. The molecule has 1 saturated heterocycles. The first-order chi connectivity index (χ1) is 20.8. The number of hydrogen-bond acceptors (Lipinski definition) is 5. The number of ether oxygens (including phenoxy) is 1. The summed E-state index contributed by atoms with van der Waals surface area (Å²) in [6, 6.07) is 11.4.